The molecule has 0 aromatic heterocycles. The lowest BCUT2D eigenvalue weighted by Gasteiger charge is -2.34. The summed E-state index contributed by atoms with van der Waals surface area (Å²) in [6.45, 7) is 2.12. The third kappa shape index (κ3) is 4.58. The van der Waals surface area contributed by atoms with Crippen molar-refractivity contribution in [3.63, 3.8) is 0 Å². The van der Waals surface area contributed by atoms with E-state index in [1.807, 2.05) is 43.3 Å². The number of nitrogens with zero attached hydrogens (tertiary/aromatic N) is 1. The van der Waals surface area contributed by atoms with Crippen LogP contribution in [0.25, 0.3) is 0 Å². The first-order valence-electron chi connectivity index (χ1n) is 7.99. The van der Waals surface area contributed by atoms with Gasteiger partial charge in [-0.25, -0.2) is 19.1 Å². The molecule has 1 N–H and O–H groups in total. The SMILES string of the molecule is CC1C=CC(NC(=O)OCc2ccccc2)ON1c1ccc(F)cc1. The second-order valence-electron chi connectivity index (χ2n) is 5.66. The van der Waals surface area contributed by atoms with Gasteiger partial charge >= 0.3 is 6.09 Å². The summed E-state index contributed by atoms with van der Waals surface area (Å²) in [5.74, 6) is -0.317. The Morgan fingerprint density at radius 1 is 1.16 bits per heavy atom. The van der Waals surface area contributed by atoms with E-state index < -0.39 is 12.3 Å². The van der Waals surface area contributed by atoms with Crippen molar-refractivity contribution >= 4 is 11.8 Å². The van der Waals surface area contributed by atoms with Crippen molar-refractivity contribution in [2.45, 2.75) is 25.8 Å². The number of alkyl carbamates (subject to hydrolysis) is 1. The molecule has 1 aliphatic rings. The van der Waals surface area contributed by atoms with Crippen molar-refractivity contribution in [1.29, 1.82) is 0 Å². The second-order valence-corrected chi connectivity index (χ2v) is 5.66. The topological polar surface area (TPSA) is 50.8 Å². The van der Waals surface area contributed by atoms with Crippen LogP contribution in [0.15, 0.2) is 66.7 Å². The van der Waals surface area contributed by atoms with Gasteiger partial charge in [-0.3, -0.25) is 5.32 Å². The number of nitrogens with one attached hydrogen (secondary N) is 1. The van der Waals surface area contributed by atoms with Crippen LogP contribution in [0.1, 0.15) is 12.5 Å². The molecule has 130 valence electrons. The molecule has 0 fully saturated rings. The number of carbonyl (C=O) groups excluding carboxylic acids is 1. The van der Waals surface area contributed by atoms with Crippen LogP contribution in [-0.4, -0.2) is 18.4 Å². The fourth-order valence-electron chi connectivity index (χ4n) is 2.43. The third-order valence-corrected chi connectivity index (χ3v) is 3.72. The summed E-state index contributed by atoms with van der Waals surface area (Å²) in [5, 5.41) is 4.25. The highest BCUT2D eigenvalue weighted by Crippen LogP contribution is 2.22. The van der Waals surface area contributed by atoms with Crippen LogP contribution in [0.3, 0.4) is 0 Å². The van der Waals surface area contributed by atoms with Crippen LogP contribution in [0.4, 0.5) is 14.9 Å². The van der Waals surface area contributed by atoms with Gasteiger partial charge in [0, 0.05) is 0 Å². The predicted octanol–water partition coefficient (Wildman–Crippen LogP) is 3.77. The predicted molar refractivity (Wildman–Crippen MR) is 92.1 cm³/mol. The van der Waals surface area contributed by atoms with E-state index >= 15 is 0 Å². The standard InChI is InChI=1S/C19H19FN2O3/c1-14-7-12-18(25-22(14)17-10-8-16(20)9-11-17)21-19(23)24-13-15-5-3-2-4-6-15/h2-12,14,18H,13H2,1H3,(H,21,23). The van der Waals surface area contributed by atoms with E-state index in [0.29, 0.717) is 5.69 Å². The first kappa shape index (κ1) is 17.0. The largest absolute Gasteiger partial charge is 0.445 e. The molecular formula is C19H19FN2O3. The van der Waals surface area contributed by atoms with Crippen molar-refractivity contribution in [3.8, 4) is 0 Å². The van der Waals surface area contributed by atoms with Crippen LogP contribution >= 0.6 is 0 Å². The minimum Gasteiger partial charge on any atom is -0.445 e. The first-order chi connectivity index (χ1) is 12.1. The molecule has 0 bridgehead atoms. The number of hydrogen-bond donors (Lipinski definition) is 1. The number of ether oxygens (including phenoxy) is 1. The van der Waals surface area contributed by atoms with Gasteiger partial charge in [0.15, 0.2) is 6.23 Å². The maximum Gasteiger partial charge on any atom is 0.409 e. The summed E-state index contributed by atoms with van der Waals surface area (Å²) in [6, 6.07) is 15.3. The maximum absolute atomic E-state index is 13.1. The molecule has 1 aliphatic heterocycles. The molecule has 2 aromatic carbocycles. The van der Waals surface area contributed by atoms with Gasteiger partial charge < -0.3 is 4.74 Å². The Hall–Kier alpha value is -2.86. The number of benzene rings is 2. The van der Waals surface area contributed by atoms with Crippen LogP contribution in [0, 0.1) is 5.82 Å². The van der Waals surface area contributed by atoms with Gasteiger partial charge in [0.05, 0.1) is 11.7 Å². The van der Waals surface area contributed by atoms with Crippen LogP contribution < -0.4 is 10.4 Å². The zero-order chi connectivity index (χ0) is 17.6. The Morgan fingerprint density at radius 2 is 1.88 bits per heavy atom. The molecule has 0 saturated heterocycles. The van der Waals surface area contributed by atoms with Crippen molar-refractivity contribution in [2.75, 3.05) is 5.06 Å². The molecule has 5 nitrogen and oxygen atoms in total. The van der Waals surface area contributed by atoms with Crippen LogP contribution in [0.5, 0.6) is 0 Å². The maximum atomic E-state index is 13.1. The van der Waals surface area contributed by atoms with Crippen LogP contribution in [0.2, 0.25) is 0 Å². The summed E-state index contributed by atoms with van der Waals surface area (Å²) in [4.78, 5) is 17.7. The monoisotopic (exact) mass is 342 g/mol. The van der Waals surface area contributed by atoms with Crippen molar-refractivity contribution in [1.82, 2.24) is 5.32 Å². The molecule has 0 aliphatic carbocycles. The zero-order valence-corrected chi connectivity index (χ0v) is 13.8. The third-order valence-electron chi connectivity index (χ3n) is 3.72. The summed E-state index contributed by atoms with van der Waals surface area (Å²) < 4.78 is 18.3. The lowest BCUT2D eigenvalue weighted by molar-refractivity contribution is 0.0209. The Labute approximate surface area is 145 Å². The molecule has 2 aromatic rings. The van der Waals surface area contributed by atoms with Crippen LogP contribution in [-0.2, 0) is 16.2 Å². The lowest BCUT2D eigenvalue weighted by Crippen LogP contribution is -2.46. The van der Waals surface area contributed by atoms with Crippen molar-refractivity contribution in [2.24, 2.45) is 0 Å². The molecule has 0 radical (unpaired) electrons. The molecule has 1 heterocycles. The molecule has 2 unspecified atom stereocenters. The van der Waals surface area contributed by atoms with E-state index in [2.05, 4.69) is 5.32 Å². The van der Waals surface area contributed by atoms with E-state index in [1.54, 1.807) is 23.3 Å². The van der Waals surface area contributed by atoms with Gasteiger partial charge in [-0.15, -0.1) is 0 Å². The lowest BCUT2D eigenvalue weighted by atomic mass is 10.2. The summed E-state index contributed by atoms with van der Waals surface area (Å²) >= 11 is 0. The summed E-state index contributed by atoms with van der Waals surface area (Å²) in [5.41, 5.74) is 1.60. The zero-order valence-electron chi connectivity index (χ0n) is 13.8. The average molecular weight is 342 g/mol. The minimum absolute atomic E-state index is 0.0520. The number of hydroxylamine groups is 1. The number of halogens is 1. The Bertz CT molecular complexity index is 734. The smallest absolute Gasteiger partial charge is 0.409 e. The molecule has 3 rings (SSSR count). The second kappa shape index (κ2) is 7.81. The van der Waals surface area contributed by atoms with Gasteiger partial charge in [-0.1, -0.05) is 36.4 Å². The highest BCUT2D eigenvalue weighted by Gasteiger charge is 2.24. The van der Waals surface area contributed by atoms with E-state index in [0.717, 1.165) is 5.56 Å². The number of amides is 1. The Balaban J connectivity index is 1.56. The molecule has 6 heteroatoms. The van der Waals surface area contributed by atoms with Gasteiger partial charge in [0.1, 0.15) is 12.4 Å². The molecule has 25 heavy (non-hydrogen) atoms. The van der Waals surface area contributed by atoms with E-state index in [1.165, 1.54) is 12.1 Å². The summed E-state index contributed by atoms with van der Waals surface area (Å²) in [6.07, 6.45) is 2.40. The molecule has 2 atom stereocenters. The van der Waals surface area contributed by atoms with Crippen molar-refractivity contribution in [3.05, 3.63) is 78.1 Å². The van der Waals surface area contributed by atoms with E-state index in [-0.39, 0.29) is 18.5 Å². The molecular weight excluding hydrogens is 323 g/mol. The minimum atomic E-state index is -0.662. The molecule has 1 amide bonds. The van der Waals surface area contributed by atoms with Gasteiger partial charge in [-0.2, -0.15) is 0 Å². The molecule has 0 saturated carbocycles. The highest BCUT2D eigenvalue weighted by atomic mass is 19.1. The summed E-state index contributed by atoms with van der Waals surface area (Å²) in [7, 11) is 0. The fourth-order valence-corrected chi connectivity index (χ4v) is 2.43. The number of anilines is 1. The highest BCUT2D eigenvalue weighted by molar-refractivity contribution is 5.67. The quantitative estimate of drug-likeness (QED) is 0.859. The van der Waals surface area contributed by atoms with Gasteiger partial charge in [0.2, 0.25) is 0 Å². The number of rotatable bonds is 4. The van der Waals surface area contributed by atoms with E-state index in [4.69, 9.17) is 9.57 Å². The van der Waals surface area contributed by atoms with E-state index in [9.17, 15) is 9.18 Å². The normalized spacial score (nSPS) is 19.5. The average Bonchev–Trinajstić information content (AvgIpc) is 2.63. The van der Waals surface area contributed by atoms with Crippen molar-refractivity contribution < 1.29 is 18.8 Å². The Kier molecular flexibility index (Phi) is 5.30. The number of hydrogen-bond acceptors (Lipinski definition) is 4. The van der Waals surface area contributed by atoms with Gasteiger partial charge in [-0.05, 0) is 42.8 Å². The number of carbonyl (C=O) groups is 1. The van der Waals surface area contributed by atoms with Gasteiger partial charge in [0.25, 0.3) is 0 Å². The molecule has 0 spiro atoms. The first-order valence-corrected chi connectivity index (χ1v) is 7.99. The fraction of sp³-hybridized carbons (Fsp3) is 0.211. The Morgan fingerprint density at radius 3 is 2.60 bits per heavy atom.